The molecule has 0 aliphatic carbocycles. The molecule has 10 heteroatoms. The fourth-order valence-electron chi connectivity index (χ4n) is 2.87. The summed E-state index contributed by atoms with van der Waals surface area (Å²) in [6.45, 7) is -0.593. The summed E-state index contributed by atoms with van der Waals surface area (Å²) < 4.78 is 47.8. The highest BCUT2D eigenvalue weighted by atomic mass is 19.3. The van der Waals surface area contributed by atoms with Crippen LogP contribution in [0.2, 0.25) is 0 Å². The molecule has 0 spiro atoms. The molecule has 3 rings (SSSR count). The second kappa shape index (κ2) is 8.15. The molecule has 0 radical (unpaired) electrons. The van der Waals surface area contributed by atoms with Gasteiger partial charge in [0.2, 0.25) is 11.6 Å². The van der Waals surface area contributed by atoms with Crippen LogP contribution in [-0.4, -0.2) is 56.6 Å². The number of alkyl halides is 2. The van der Waals surface area contributed by atoms with Gasteiger partial charge in [-0.2, -0.15) is 10.1 Å². The molecule has 1 aromatic carbocycles. The predicted octanol–water partition coefficient (Wildman–Crippen LogP) is 3.40. The quantitative estimate of drug-likeness (QED) is 0.627. The van der Waals surface area contributed by atoms with E-state index in [0.717, 1.165) is 0 Å². The Morgan fingerprint density at radius 2 is 1.68 bits per heavy atom. The summed E-state index contributed by atoms with van der Waals surface area (Å²) in [5.41, 5.74) is 0.820. The highest BCUT2D eigenvalue weighted by Gasteiger charge is 2.24. The third-order valence-corrected chi connectivity index (χ3v) is 4.12. The van der Waals surface area contributed by atoms with Crippen LogP contribution in [0.1, 0.15) is 0 Å². The predicted molar refractivity (Wildman–Crippen MR) is 99.5 cm³/mol. The molecule has 0 aliphatic heterocycles. The summed E-state index contributed by atoms with van der Waals surface area (Å²) >= 11 is 0. The van der Waals surface area contributed by atoms with Crippen molar-refractivity contribution < 1.29 is 27.7 Å². The maximum absolute atomic E-state index is 13.4. The number of nitrogens with one attached hydrogen (secondary N) is 1. The van der Waals surface area contributed by atoms with Crippen molar-refractivity contribution in [2.24, 2.45) is 0 Å². The average molecular weight is 394 g/mol. The molecule has 8 nitrogen and oxygen atoms in total. The van der Waals surface area contributed by atoms with Crippen molar-refractivity contribution in [1.82, 2.24) is 15.2 Å². The van der Waals surface area contributed by atoms with E-state index in [1.54, 1.807) is 24.3 Å². The number of anilines is 2. The first-order valence-electron chi connectivity index (χ1n) is 8.27. The SMILES string of the molecule is COc1ccc2c(N(CC(F)F)c3cc(OC)c(OC)c(OC)c3)n[nH]c2n1. The number of pyridine rings is 1. The lowest BCUT2D eigenvalue weighted by Crippen LogP contribution is -2.24. The molecule has 0 atom stereocenters. The van der Waals surface area contributed by atoms with Crippen LogP contribution in [0.15, 0.2) is 24.3 Å². The first-order valence-corrected chi connectivity index (χ1v) is 8.27. The van der Waals surface area contributed by atoms with Gasteiger partial charge in [-0.3, -0.25) is 5.10 Å². The van der Waals surface area contributed by atoms with E-state index in [0.29, 0.717) is 45.7 Å². The Bertz CT molecular complexity index is 939. The van der Waals surface area contributed by atoms with Gasteiger partial charge in [0.05, 0.1) is 46.1 Å². The molecule has 0 unspecified atom stereocenters. The maximum Gasteiger partial charge on any atom is 0.256 e. The van der Waals surface area contributed by atoms with Gasteiger partial charge in [0, 0.05) is 18.2 Å². The number of ether oxygens (including phenoxy) is 4. The number of nitrogens with zero attached hydrogens (tertiary/aromatic N) is 3. The molecule has 3 aromatic rings. The molecule has 0 aliphatic rings. The minimum absolute atomic E-state index is 0.291. The minimum atomic E-state index is -2.61. The van der Waals surface area contributed by atoms with Crippen LogP contribution < -0.4 is 23.8 Å². The van der Waals surface area contributed by atoms with Crippen molar-refractivity contribution in [3.05, 3.63) is 24.3 Å². The largest absolute Gasteiger partial charge is 0.493 e. The van der Waals surface area contributed by atoms with E-state index < -0.39 is 13.0 Å². The summed E-state index contributed by atoms with van der Waals surface area (Å²) in [4.78, 5) is 5.60. The smallest absolute Gasteiger partial charge is 0.256 e. The summed E-state index contributed by atoms with van der Waals surface area (Å²) in [6.07, 6.45) is -2.61. The van der Waals surface area contributed by atoms with E-state index in [-0.39, 0.29) is 0 Å². The van der Waals surface area contributed by atoms with Crippen molar-refractivity contribution >= 4 is 22.5 Å². The van der Waals surface area contributed by atoms with Gasteiger partial charge in [-0.25, -0.2) is 8.78 Å². The van der Waals surface area contributed by atoms with Gasteiger partial charge in [0.1, 0.15) is 0 Å². The fraction of sp³-hybridized carbons (Fsp3) is 0.333. The van der Waals surface area contributed by atoms with Gasteiger partial charge < -0.3 is 23.8 Å². The Kier molecular flexibility index (Phi) is 5.67. The zero-order chi connectivity index (χ0) is 20.3. The lowest BCUT2D eigenvalue weighted by molar-refractivity contribution is 0.157. The number of hydrogen-bond donors (Lipinski definition) is 1. The lowest BCUT2D eigenvalue weighted by Gasteiger charge is -2.24. The zero-order valence-electron chi connectivity index (χ0n) is 15.8. The van der Waals surface area contributed by atoms with E-state index in [1.807, 2.05) is 0 Å². The van der Waals surface area contributed by atoms with Crippen molar-refractivity contribution in [3.8, 4) is 23.1 Å². The van der Waals surface area contributed by atoms with Crippen LogP contribution in [0.5, 0.6) is 23.1 Å². The molecule has 28 heavy (non-hydrogen) atoms. The van der Waals surface area contributed by atoms with Crippen LogP contribution in [0.3, 0.4) is 0 Å². The highest BCUT2D eigenvalue weighted by Crippen LogP contribution is 2.43. The number of benzene rings is 1. The Morgan fingerprint density at radius 3 is 2.21 bits per heavy atom. The zero-order valence-corrected chi connectivity index (χ0v) is 15.8. The Hall–Kier alpha value is -3.30. The number of aromatic nitrogens is 3. The summed E-state index contributed by atoms with van der Waals surface area (Å²) in [5.74, 6) is 1.73. The van der Waals surface area contributed by atoms with Gasteiger partial charge in [0.25, 0.3) is 6.43 Å². The Balaban J connectivity index is 2.16. The van der Waals surface area contributed by atoms with Gasteiger partial charge in [0.15, 0.2) is 23.0 Å². The number of hydrogen-bond acceptors (Lipinski definition) is 7. The van der Waals surface area contributed by atoms with Crippen LogP contribution in [0.25, 0.3) is 11.0 Å². The van der Waals surface area contributed by atoms with Gasteiger partial charge in [-0.15, -0.1) is 0 Å². The standard InChI is InChI=1S/C18H20F2N4O4/c1-25-12-7-10(8-13(26-2)16(12)28-4)24(9-14(19)20)18-11-5-6-15(27-3)21-17(11)22-23-18/h5-8,14H,9H2,1-4H3,(H,21,22,23). The fourth-order valence-corrected chi connectivity index (χ4v) is 2.87. The molecule has 150 valence electrons. The number of aromatic amines is 1. The van der Waals surface area contributed by atoms with Gasteiger partial charge >= 0.3 is 0 Å². The third-order valence-electron chi connectivity index (χ3n) is 4.12. The number of rotatable bonds is 8. The normalized spacial score (nSPS) is 11.0. The third kappa shape index (κ3) is 3.57. The molecule has 0 bridgehead atoms. The Labute approximate surface area is 160 Å². The van der Waals surface area contributed by atoms with Crippen molar-refractivity contribution in [1.29, 1.82) is 0 Å². The molecular formula is C18H20F2N4O4. The molecule has 1 N–H and O–H groups in total. The van der Waals surface area contributed by atoms with Gasteiger partial charge in [-0.1, -0.05) is 0 Å². The van der Waals surface area contributed by atoms with Crippen molar-refractivity contribution in [2.75, 3.05) is 39.9 Å². The number of fused-ring (bicyclic) bond motifs is 1. The second-order valence-corrected chi connectivity index (χ2v) is 5.68. The maximum atomic E-state index is 13.4. The van der Waals surface area contributed by atoms with Crippen LogP contribution in [0, 0.1) is 0 Å². The van der Waals surface area contributed by atoms with Gasteiger partial charge in [-0.05, 0) is 6.07 Å². The van der Waals surface area contributed by atoms with E-state index in [9.17, 15) is 8.78 Å². The molecule has 2 heterocycles. The molecule has 0 amide bonds. The topological polar surface area (TPSA) is 81.7 Å². The van der Waals surface area contributed by atoms with E-state index in [1.165, 1.54) is 33.3 Å². The van der Waals surface area contributed by atoms with Crippen LogP contribution in [0.4, 0.5) is 20.3 Å². The summed E-state index contributed by atoms with van der Waals surface area (Å²) in [6, 6.07) is 6.51. The minimum Gasteiger partial charge on any atom is -0.493 e. The molecule has 0 fully saturated rings. The number of methoxy groups -OCH3 is 4. The van der Waals surface area contributed by atoms with E-state index in [2.05, 4.69) is 15.2 Å². The number of H-pyrrole nitrogens is 1. The van der Waals surface area contributed by atoms with E-state index in [4.69, 9.17) is 18.9 Å². The first-order chi connectivity index (χ1) is 13.5. The second-order valence-electron chi connectivity index (χ2n) is 5.68. The summed E-state index contributed by atoms with van der Waals surface area (Å²) in [5, 5.41) is 7.51. The van der Waals surface area contributed by atoms with Crippen LogP contribution in [-0.2, 0) is 0 Å². The lowest BCUT2D eigenvalue weighted by atomic mass is 10.2. The number of halogens is 2. The van der Waals surface area contributed by atoms with Crippen molar-refractivity contribution in [3.63, 3.8) is 0 Å². The monoisotopic (exact) mass is 394 g/mol. The molecular weight excluding hydrogens is 374 g/mol. The molecule has 2 aromatic heterocycles. The molecule has 0 saturated carbocycles. The average Bonchev–Trinajstić information content (AvgIpc) is 3.13. The van der Waals surface area contributed by atoms with Crippen molar-refractivity contribution in [2.45, 2.75) is 6.43 Å². The Morgan fingerprint density at radius 1 is 1.00 bits per heavy atom. The van der Waals surface area contributed by atoms with Crippen LogP contribution >= 0.6 is 0 Å². The molecule has 0 saturated heterocycles. The summed E-state index contributed by atoms with van der Waals surface area (Å²) in [7, 11) is 5.87. The van der Waals surface area contributed by atoms with E-state index >= 15 is 0 Å². The first kappa shape index (κ1) is 19.5. The highest BCUT2D eigenvalue weighted by molar-refractivity contribution is 5.90.